The van der Waals surface area contributed by atoms with Crippen molar-refractivity contribution in [3.05, 3.63) is 77.6 Å². The second-order valence-corrected chi connectivity index (χ2v) is 8.87. The predicted molar refractivity (Wildman–Crippen MR) is 114 cm³/mol. The van der Waals surface area contributed by atoms with E-state index in [-0.39, 0.29) is 11.3 Å². The average Bonchev–Trinajstić information content (AvgIpc) is 3.10. The molecule has 10 heteroatoms. The minimum atomic E-state index is -4.71. The number of hydrogen-bond acceptors (Lipinski definition) is 5. The highest BCUT2D eigenvalue weighted by molar-refractivity contribution is 7.91. The van der Waals surface area contributed by atoms with Gasteiger partial charge in [0.2, 0.25) is 9.84 Å². The molecule has 1 heterocycles. The average molecular weight is 462 g/mol. The van der Waals surface area contributed by atoms with Gasteiger partial charge in [-0.1, -0.05) is 0 Å². The molecule has 1 aromatic heterocycles. The van der Waals surface area contributed by atoms with Crippen LogP contribution in [0.1, 0.15) is 21.7 Å². The fourth-order valence-corrected chi connectivity index (χ4v) is 3.79. The summed E-state index contributed by atoms with van der Waals surface area (Å²) in [5.74, 6) is -4.89. The molecule has 0 unspecified atom stereocenters. The van der Waals surface area contributed by atoms with Crippen molar-refractivity contribution in [2.75, 3.05) is 11.9 Å². The van der Waals surface area contributed by atoms with Gasteiger partial charge in [-0.15, -0.1) is 0 Å². The van der Waals surface area contributed by atoms with Gasteiger partial charge in [0.05, 0.1) is 10.5 Å². The molecule has 32 heavy (non-hydrogen) atoms. The zero-order chi connectivity index (χ0) is 23.5. The molecular formula is C22H20F2N2O5S. The van der Waals surface area contributed by atoms with Crippen LogP contribution >= 0.6 is 0 Å². The first kappa shape index (κ1) is 23.1. The van der Waals surface area contributed by atoms with E-state index >= 15 is 0 Å². The summed E-state index contributed by atoms with van der Waals surface area (Å²) in [7, 11) is -4.71. The van der Waals surface area contributed by atoms with Crippen LogP contribution in [-0.4, -0.2) is 37.2 Å². The van der Waals surface area contributed by atoms with Crippen LogP contribution in [-0.2, 0) is 19.4 Å². The molecule has 0 aliphatic carbocycles. The Morgan fingerprint density at radius 3 is 2.03 bits per heavy atom. The summed E-state index contributed by atoms with van der Waals surface area (Å²) >= 11 is 0. The predicted octanol–water partition coefficient (Wildman–Crippen LogP) is 3.89. The number of sulfone groups is 1. The molecule has 168 valence electrons. The lowest BCUT2D eigenvalue weighted by atomic mass is 10.2. The Hall–Kier alpha value is -3.53. The van der Waals surface area contributed by atoms with Crippen molar-refractivity contribution < 1.29 is 31.5 Å². The maximum absolute atomic E-state index is 12.5. The number of aryl methyl sites for hydroxylation is 2. The van der Waals surface area contributed by atoms with E-state index in [1.807, 2.05) is 30.5 Å². The molecule has 1 N–H and O–H groups in total. The first-order valence-corrected chi connectivity index (χ1v) is 11.0. The van der Waals surface area contributed by atoms with E-state index in [9.17, 15) is 26.8 Å². The van der Waals surface area contributed by atoms with E-state index in [4.69, 9.17) is 4.74 Å². The van der Waals surface area contributed by atoms with Crippen LogP contribution in [0.3, 0.4) is 0 Å². The van der Waals surface area contributed by atoms with Gasteiger partial charge in [0.25, 0.3) is 5.91 Å². The van der Waals surface area contributed by atoms with Crippen molar-refractivity contribution in [3.63, 3.8) is 0 Å². The van der Waals surface area contributed by atoms with Crippen LogP contribution < -0.4 is 5.32 Å². The SMILES string of the molecule is Cc1ccc(C)n1-c1ccc(C(=O)OCC(=O)Nc2ccc(S(=O)(=O)C(F)F)cc2)cc1. The maximum atomic E-state index is 12.5. The number of benzene rings is 2. The van der Waals surface area contributed by atoms with Gasteiger partial charge in [-0.25, -0.2) is 13.2 Å². The van der Waals surface area contributed by atoms with Gasteiger partial charge in [0, 0.05) is 22.8 Å². The molecule has 0 saturated carbocycles. The lowest BCUT2D eigenvalue weighted by molar-refractivity contribution is -0.119. The molecule has 3 rings (SSSR count). The number of hydrogen-bond donors (Lipinski definition) is 1. The minimum absolute atomic E-state index is 0.168. The Morgan fingerprint density at radius 1 is 0.938 bits per heavy atom. The van der Waals surface area contributed by atoms with E-state index in [2.05, 4.69) is 5.32 Å². The molecule has 0 aliphatic heterocycles. The highest BCUT2D eigenvalue weighted by Crippen LogP contribution is 2.20. The number of esters is 1. The number of nitrogens with zero attached hydrogens (tertiary/aromatic N) is 1. The molecule has 1 amide bonds. The van der Waals surface area contributed by atoms with E-state index in [0.29, 0.717) is 0 Å². The number of halogens is 2. The van der Waals surface area contributed by atoms with E-state index in [1.54, 1.807) is 24.3 Å². The van der Waals surface area contributed by atoms with Gasteiger partial charge in [0.15, 0.2) is 6.61 Å². The molecule has 0 aliphatic rings. The highest BCUT2D eigenvalue weighted by atomic mass is 32.2. The van der Waals surface area contributed by atoms with Crippen molar-refractivity contribution >= 4 is 27.4 Å². The number of amides is 1. The van der Waals surface area contributed by atoms with Gasteiger partial charge in [-0.05, 0) is 74.5 Å². The second kappa shape index (κ2) is 9.31. The van der Waals surface area contributed by atoms with Crippen LogP contribution in [0.2, 0.25) is 0 Å². The Balaban J connectivity index is 1.56. The van der Waals surface area contributed by atoms with E-state index < -0.39 is 39.0 Å². The van der Waals surface area contributed by atoms with Gasteiger partial charge >= 0.3 is 11.7 Å². The molecule has 3 aromatic rings. The molecule has 0 atom stereocenters. The number of aromatic nitrogens is 1. The molecule has 0 radical (unpaired) electrons. The largest absolute Gasteiger partial charge is 0.452 e. The summed E-state index contributed by atoms with van der Waals surface area (Å²) in [6.45, 7) is 3.37. The number of rotatable bonds is 7. The van der Waals surface area contributed by atoms with Crippen LogP contribution in [0.5, 0.6) is 0 Å². The van der Waals surface area contributed by atoms with Crippen molar-refractivity contribution in [1.29, 1.82) is 0 Å². The van der Waals surface area contributed by atoms with Crippen LogP contribution in [0.15, 0.2) is 65.6 Å². The fourth-order valence-electron chi connectivity index (χ4n) is 3.06. The second-order valence-electron chi connectivity index (χ2n) is 6.95. The summed E-state index contributed by atoms with van der Waals surface area (Å²) in [5, 5.41) is 2.39. The number of carbonyl (C=O) groups excluding carboxylic acids is 2. The zero-order valence-corrected chi connectivity index (χ0v) is 18.0. The summed E-state index contributed by atoms with van der Waals surface area (Å²) in [6, 6.07) is 14.9. The zero-order valence-electron chi connectivity index (χ0n) is 17.2. The number of anilines is 1. The first-order valence-electron chi connectivity index (χ1n) is 9.44. The standard InChI is InChI=1S/C22H20F2N2O5S/c1-14-3-4-15(2)26(14)18-9-5-16(6-10-18)21(28)31-13-20(27)25-17-7-11-19(12-8-17)32(29,30)22(23)24/h3-12,22H,13H2,1-2H3,(H,25,27). The summed E-state index contributed by atoms with van der Waals surface area (Å²) < 4.78 is 54.9. The third-order valence-corrected chi connectivity index (χ3v) is 6.07. The topological polar surface area (TPSA) is 94.5 Å². The Bertz CT molecular complexity index is 1210. The van der Waals surface area contributed by atoms with Crippen LogP contribution in [0, 0.1) is 13.8 Å². The van der Waals surface area contributed by atoms with Gasteiger partial charge in [-0.2, -0.15) is 8.78 Å². The number of ether oxygens (including phenoxy) is 1. The monoisotopic (exact) mass is 462 g/mol. The van der Waals surface area contributed by atoms with Gasteiger partial charge in [0.1, 0.15) is 0 Å². The fraction of sp³-hybridized carbons (Fsp3) is 0.182. The lowest BCUT2D eigenvalue weighted by Crippen LogP contribution is -2.21. The summed E-state index contributed by atoms with van der Waals surface area (Å²) in [6.07, 6.45) is 0. The van der Waals surface area contributed by atoms with Crippen molar-refractivity contribution in [2.24, 2.45) is 0 Å². The third kappa shape index (κ3) is 5.02. The molecular weight excluding hydrogens is 442 g/mol. The van der Waals surface area contributed by atoms with Crippen molar-refractivity contribution in [1.82, 2.24) is 4.57 Å². The van der Waals surface area contributed by atoms with Gasteiger partial charge in [-0.3, -0.25) is 4.79 Å². The maximum Gasteiger partial charge on any atom is 0.341 e. The molecule has 0 spiro atoms. The highest BCUT2D eigenvalue weighted by Gasteiger charge is 2.26. The van der Waals surface area contributed by atoms with Crippen molar-refractivity contribution in [2.45, 2.75) is 24.5 Å². The van der Waals surface area contributed by atoms with E-state index in [1.165, 1.54) is 12.1 Å². The molecule has 7 nitrogen and oxygen atoms in total. The molecule has 0 saturated heterocycles. The number of nitrogens with one attached hydrogen (secondary N) is 1. The summed E-state index contributed by atoms with van der Waals surface area (Å²) in [4.78, 5) is 23.6. The first-order chi connectivity index (χ1) is 15.1. The Kier molecular flexibility index (Phi) is 6.73. The van der Waals surface area contributed by atoms with E-state index in [0.717, 1.165) is 29.2 Å². The van der Waals surface area contributed by atoms with Crippen LogP contribution in [0.25, 0.3) is 5.69 Å². The smallest absolute Gasteiger partial charge is 0.341 e. The van der Waals surface area contributed by atoms with Gasteiger partial charge < -0.3 is 14.6 Å². The quantitative estimate of drug-likeness (QED) is 0.538. The molecule has 2 aromatic carbocycles. The molecule has 0 fully saturated rings. The summed E-state index contributed by atoms with van der Waals surface area (Å²) in [5.41, 5.74) is 3.42. The number of carbonyl (C=O) groups is 2. The molecule has 0 bridgehead atoms. The lowest BCUT2D eigenvalue weighted by Gasteiger charge is -2.10. The minimum Gasteiger partial charge on any atom is -0.452 e. The Morgan fingerprint density at radius 2 is 1.50 bits per heavy atom. The third-order valence-electron chi connectivity index (χ3n) is 4.67. The van der Waals surface area contributed by atoms with Crippen molar-refractivity contribution in [3.8, 4) is 5.69 Å². The van der Waals surface area contributed by atoms with Crippen LogP contribution in [0.4, 0.5) is 14.5 Å². The normalized spacial score (nSPS) is 11.4. The Labute approximate surface area is 183 Å². The number of alkyl halides is 2.